The number of methoxy groups -OCH3 is 1. The second-order valence-electron chi connectivity index (χ2n) is 6.96. The van der Waals surface area contributed by atoms with E-state index in [0.29, 0.717) is 5.56 Å². The number of hydrazine groups is 1. The maximum Gasteiger partial charge on any atom is 0.304 e. The van der Waals surface area contributed by atoms with Gasteiger partial charge in [-0.3, -0.25) is 9.59 Å². The zero-order valence-electron chi connectivity index (χ0n) is 16.5. The lowest BCUT2D eigenvalue weighted by Crippen LogP contribution is -2.42. The summed E-state index contributed by atoms with van der Waals surface area (Å²) in [7, 11) is 1.62. The number of rotatable bonds is 5. The molecule has 0 radical (unpaired) electrons. The van der Waals surface area contributed by atoms with Gasteiger partial charge in [-0.15, -0.1) is 10.1 Å². The van der Waals surface area contributed by atoms with Crippen LogP contribution in [0.5, 0.6) is 5.75 Å². The van der Waals surface area contributed by atoms with Gasteiger partial charge in [-0.1, -0.05) is 48.5 Å². The summed E-state index contributed by atoms with van der Waals surface area (Å²) >= 11 is 0. The molecule has 0 aliphatic carbocycles. The van der Waals surface area contributed by atoms with Crippen molar-refractivity contribution >= 4 is 18.0 Å². The second-order valence-corrected chi connectivity index (χ2v) is 6.96. The summed E-state index contributed by atoms with van der Waals surface area (Å²) in [6.07, 6.45) is 1.85. The Balaban J connectivity index is 1.68. The maximum atomic E-state index is 12.8. The Hall–Kier alpha value is -3.93. The summed E-state index contributed by atoms with van der Waals surface area (Å²) in [6.45, 7) is 0. The number of nitrogens with one attached hydrogen (secondary N) is 2. The first kappa shape index (κ1) is 19.4. The van der Waals surface area contributed by atoms with Gasteiger partial charge in [-0.05, 0) is 36.4 Å². The van der Waals surface area contributed by atoms with E-state index < -0.39 is 12.1 Å². The van der Waals surface area contributed by atoms with Crippen LogP contribution in [0, 0.1) is 0 Å². The van der Waals surface area contributed by atoms with Crippen LogP contribution in [-0.4, -0.2) is 35.9 Å². The summed E-state index contributed by atoms with van der Waals surface area (Å²) in [5, 5.41) is 2.89. The third kappa shape index (κ3) is 4.07. The molecule has 1 aliphatic rings. The Morgan fingerprint density at radius 2 is 1.60 bits per heavy atom. The SMILES string of the molecule is COc1ccc(/C=[N+]2\NC(=O)C(NC(=O)c3ccccc3)C2c2ccccc2)cc1. The molecule has 0 saturated carbocycles. The van der Waals surface area contributed by atoms with E-state index in [-0.39, 0.29) is 11.8 Å². The van der Waals surface area contributed by atoms with Crippen molar-refractivity contribution in [1.29, 1.82) is 0 Å². The average Bonchev–Trinajstić information content (AvgIpc) is 3.09. The highest BCUT2D eigenvalue weighted by Gasteiger charge is 2.47. The van der Waals surface area contributed by atoms with Gasteiger partial charge in [0.25, 0.3) is 5.91 Å². The lowest BCUT2D eigenvalue weighted by atomic mass is 10.00. The molecule has 2 atom stereocenters. The van der Waals surface area contributed by atoms with Crippen LogP contribution in [-0.2, 0) is 4.79 Å². The number of carbonyl (C=O) groups is 2. The summed E-state index contributed by atoms with van der Waals surface area (Å²) < 4.78 is 6.95. The minimum Gasteiger partial charge on any atom is -0.497 e. The molecule has 1 saturated heterocycles. The lowest BCUT2D eigenvalue weighted by molar-refractivity contribution is -0.596. The molecule has 2 unspecified atom stereocenters. The summed E-state index contributed by atoms with van der Waals surface area (Å²) in [4.78, 5) is 25.5. The number of hydrogen-bond acceptors (Lipinski definition) is 3. The quantitative estimate of drug-likeness (QED) is 0.647. The molecule has 6 heteroatoms. The topological polar surface area (TPSA) is 70.4 Å². The van der Waals surface area contributed by atoms with E-state index in [1.165, 1.54) is 0 Å². The molecule has 2 N–H and O–H groups in total. The lowest BCUT2D eigenvalue weighted by Gasteiger charge is -2.14. The second kappa shape index (κ2) is 8.61. The maximum absolute atomic E-state index is 12.8. The van der Waals surface area contributed by atoms with Crippen molar-refractivity contribution in [2.45, 2.75) is 12.1 Å². The molecular weight excluding hydrogens is 378 g/mol. The Kier molecular flexibility index (Phi) is 5.57. The fourth-order valence-electron chi connectivity index (χ4n) is 3.50. The first-order valence-electron chi connectivity index (χ1n) is 9.64. The standard InChI is InChI=1S/C24H21N3O3/c1-30-20-14-12-17(13-15-20)16-27-22(18-8-4-2-5-9-18)21(24(29)26-27)25-23(28)19-10-6-3-7-11-19/h2-16,21-22H,1H3,(H-,25,26,28,29)/p+1/b27-16-. The molecule has 1 fully saturated rings. The third-order valence-corrected chi connectivity index (χ3v) is 5.00. The van der Waals surface area contributed by atoms with Crippen LogP contribution in [0.15, 0.2) is 84.9 Å². The van der Waals surface area contributed by atoms with Crippen LogP contribution in [0.25, 0.3) is 0 Å². The Bertz CT molecular complexity index is 1060. The van der Waals surface area contributed by atoms with Gasteiger partial charge in [0.15, 0.2) is 6.04 Å². The highest BCUT2D eigenvalue weighted by molar-refractivity contribution is 5.98. The minimum atomic E-state index is -0.741. The van der Waals surface area contributed by atoms with E-state index in [1.54, 1.807) is 36.1 Å². The van der Waals surface area contributed by atoms with Crippen molar-refractivity contribution in [3.63, 3.8) is 0 Å². The van der Waals surface area contributed by atoms with Crippen LogP contribution < -0.4 is 15.5 Å². The van der Waals surface area contributed by atoms with E-state index in [2.05, 4.69) is 10.7 Å². The van der Waals surface area contributed by atoms with Gasteiger partial charge in [0, 0.05) is 16.7 Å². The molecule has 0 aromatic heterocycles. The number of amides is 2. The number of hydrogen-bond donors (Lipinski definition) is 2. The van der Waals surface area contributed by atoms with Gasteiger partial charge >= 0.3 is 5.91 Å². The molecule has 0 spiro atoms. The highest BCUT2D eigenvalue weighted by atomic mass is 16.5. The number of carbonyl (C=O) groups excluding carboxylic acids is 2. The third-order valence-electron chi connectivity index (χ3n) is 5.00. The Labute approximate surface area is 174 Å². The first-order chi connectivity index (χ1) is 14.7. The molecule has 2 amide bonds. The van der Waals surface area contributed by atoms with Crippen LogP contribution in [0.2, 0.25) is 0 Å². The van der Waals surface area contributed by atoms with Gasteiger partial charge in [-0.25, -0.2) is 0 Å². The summed E-state index contributed by atoms with van der Waals surface area (Å²) in [6, 6.07) is 24.9. The van der Waals surface area contributed by atoms with E-state index in [1.807, 2.05) is 66.9 Å². The van der Waals surface area contributed by atoms with Gasteiger partial charge in [0.2, 0.25) is 12.3 Å². The number of benzene rings is 3. The predicted molar refractivity (Wildman–Crippen MR) is 113 cm³/mol. The molecular formula is C24H22N3O3+. The van der Waals surface area contributed by atoms with E-state index in [0.717, 1.165) is 16.9 Å². The zero-order chi connectivity index (χ0) is 20.9. The van der Waals surface area contributed by atoms with Crippen molar-refractivity contribution in [2.75, 3.05) is 7.11 Å². The normalized spacial score (nSPS) is 19.4. The Morgan fingerprint density at radius 3 is 2.23 bits per heavy atom. The van der Waals surface area contributed by atoms with E-state index in [4.69, 9.17) is 4.74 Å². The number of hydrazone groups is 1. The zero-order valence-corrected chi connectivity index (χ0v) is 16.5. The van der Waals surface area contributed by atoms with Crippen molar-refractivity contribution in [1.82, 2.24) is 10.7 Å². The summed E-state index contributed by atoms with van der Waals surface area (Å²) in [5.74, 6) is 0.200. The van der Waals surface area contributed by atoms with Gasteiger partial charge in [-0.2, -0.15) is 0 Å². The molecule has 4 rings (SSSR count). The van der Waals surface area contributed by atoms with E-state index in [9.17, 15) is 9.59 Å². The fourth-order valence-corrected chi connectivity index (χ4v) is 3.50. The van der Waals surface area contributed by atoms with Gasteiger partial charge in [0.05, 0.1) is 7.11 Å². The molecule has 6 nitrogen and oxygen atoms in total. The van der Waals surface area contributed by atoms with Crippen molar-refractivity contribution < 1.29 is 19.0 Å². The Morgan fingerprint density at radius 1 is 0.967 bits per heavy atom. The largest absolute Gasteiger partial charge is 0.497 e. The molecule has 3 aromatic carbocycles. The van der Waals surface area contributed by atoms with Crippen LogP contribution in [0.4, 0.5) is 0 Å². The van der Waals surface area contributed by atoms with E-state index >= 15 is 0 Å². The number of nitrogens with zero attached hydrogens (tertiary/aromatic N) is 1. The van der Waals surface area contributed by atoms with Crippen LogP contribution in [0.3, 0.4) is 0 Å². The summed E-state index contributed by atoms with van der Waals surface area (Å²) in [5.41, 5.74) is 5.20. The number of ether oxygens (including phenoxy) is 1. The molecule has 30 heavy (non-hydrogen) atoms. The monoisotopic (exact) mass is 400 g/mol. The van der Waals surface area contributed by atoms with Gasteiger partial charge in [0.1, 0.15) is 5.75 Å². The van der Waals surface area contributed by atoms with Crippen molar-refractivity contribution in [2.24, 2.45) is 0 Å². The molecule has 1 heterocycles. The first-order valence-corrected chi connectivity index (χ1v) is 9.64. The van der Waals surface area contributed by atoms with Crippen LogP contribution >= 0.6 is 0 Å². The average molecular weight is 400 g/mol. The van der Waals surface area contributed by atoms with Gasteiger partial charge < -0.3 is 10.1 Å². The predicted octanol–water partition coefficient (Wildman–Crippen LogP) is 2.71. The molecule has 0 bridgehead atoms. The molecule has 150 valence electrons. The fraction of sp³-hybridized carbons (Fsp3) is 0.125. The van der Waals surface area contributed by atoms with Crippen LogP contribution in [0.1, 0.15) is 27.5 Å². The van der Waals surface area contributed by atoms with Crippen molar-refractivity contribution in [3.8, 4) is 5.75 Å². The smallest absolute Gasteiger partial charge is 0.304 e. The highest BCUT2D eigenvalue weighted by Crippen LogP contribution is 2.25. The molecule has 1 aliphatic heterocycles. The van der Waals surface area contributed by atoms with Crippen molar-refractivity contribution in [3.05, 3.63) is 102 Å². The minimum absolute atomic E-state index is 0.266. The molecule has 3 aromatic rings.